The van der Waals surface area contributed by atoms with Crippen molar-refractivity contribution >= 4 is 21.6 Å². The van der Waals surface area contributed by atoms with E-state index in [1.807, 2.05) is 39.8 Å². The van der Waals surface area contributed by atoms with Crippen molar-refractivity contribution in [2.75, 3.05) is 52.2 Å². The number of ether oxygens (including phenoxy) is 3. The molecule has 0 fully saturated rings. The molecule has 0 saturated carbocycles. The molecule has 0 aromatic heterocycles. The number of hydrogen-bond acceptors (Lipinski definition) is 8. The summed E-state index contributed by atoms with van der Waals surface area (Å²) < 4.78 is 47.0. The quantitative estimate of drug-likeness (QED) is 0.272. The van der Waals surface area contributed by atoms with Crippen LogP contribution < -0.4 is 24.2 Å². The first kappa shape index (κ1) is 31.7. The molecule has 1 amide bonds. The van der Waals surface area contributed by atoms with Crippen LogP contribution in [0.25, 0.3) is 0 Å². The van der Waals surface area contributed by atoms with Gasteiger partial charge in [-0.2, -0.15) is 0 Å². The van der Waals surface area contributed by atoms with Crippen LogP contribution in [0.15, 0.2) is 65.6 Å². The summed E-state index contributed by atoms with van der Waals surface area (Å²) in [6.45, 7) is 6.68. The predicted molar refractivity (Wildman–Crippen MR) is 159 cm³/mol. The zero-order valence-corrected chi connectivity index (χ0v) is 25.2. The van der Waals surface area contributed by atoms with Crippen LogP contribution in [0.4, 0.5) is 5.69 Å². The Labute approximate surface area is 242 Å². The third-order valence-electron chi connectivity index (χ3n) is 6.07. The van der Waals surface area contributed by atoms with Crippen molar-refractivity contribution in [2.24, 2.45) is 0 Å². The largest absolute Gasteiger partial charge is 0.493 e. The van der Waals surface area contributed by atoms with Gasteiger partial charge in [0, 0.05) is 18.7 Å². The SMILES string of the molecule is COc1ccccc1Oc1c(NS(=O)(=O)c2ccc(C(C)(C)C)cc2)cc(C(=O)NCCN(C)C)cc1OCCO. The molecule has 0 bridgehead atoms. The highest BCUT2D eigenvalue weighted by Crippen LogP contribution is 2.43. The number of rotatable bonds is 13. The van der Waals surface area contributed by atoms with E-state index in [2.05, 4.69) is 10.0 Å². The molecule has 41 heavy (non-hydrogen) atoms. The first-order valence-electron chi connectivity index (χ1n) is 13.1. The number of aliphatic hydroxyl groups excluding tert-OH is 1. The topological polar surface area (TPSA) is 126 Å². The molecule has 0 radical (unpaired) electrons. The lowest BCUT2D eigenvalue weighted by molar-refractivity contribution is 0.0950. The van der Waals surface area contributed by atoms with Gasteiger partial charge in [-0.3, -0.25) is 9.52 Å². The lowest BCUT2D eigenvalue weighted by atomic mass is 9.87. The molecule has 0 aliphatic heterocycles. The van der Waals surface area contributed by atoms with E-state index in [0.717, 1.165) is 5.56 Å². The summed E-state index contributed by atoms with van der Waals surface area (Å²) in [7, 11) is 1.14. The molecular weight excluding hydrogens is 546 g/mol. The Hall–Kier alpha value is -3.80. The number of hydrogen-bond donors (Lipinski definition) is 3. The van der Waals surface area contributed by atoms with Gasteiger partial charge in [0.05, 0.1) is 24.3 Å². The Balaban J connectivity index is 2.12. The van der Waals surface area contributed by atoms with E-state index in [9.17, 15) is 18.3 Å². The summed E-state index contributed by atoms with van der Waals surface area (Å²) in [6, 6.07) is 16.3. The van der Waals surface area contributed by atoms with Gasteiger partial charge in [-0.15, -0.1) is 0 Å². The Morgan fingerprint density at radius 2 is 1.63 bits per heavy atom. The molecule has 0 atom stereocenters. The van der Waals surface area contributed by atoms with Crippen LogP contribution in [0, 0.1) is 0 Å². The minimum absolute atomic E-state index is 0.00248. The summed E-state index contributed by atoms with van der Waals surface area (Å²) in [5.74, 6) is 0.327. The summed E-state index contributed by atoms with van der Waals surface area (Å²) in [5, 5.41) is 12.3. The second kappa shape index (κ2) is 13.7. The van der Waals surface area contributed by atoms with E-state index < -0.39 is 15.9 Å². The fraction of sp³-hybridized carbons (Fsp3) is 0.367. The van der Waals surface area contributed by atoms with Gasteiger partial charge in [0.1, 0.15) is 6.61 Å². The van der Waals surface area contributed by atoms with Crippen LogP contribution in [-0.2, 0) is 15.4 Å². The third kappa shape index (κ3) is 8.59. The highest BCUT2D eigenvalue weighted by Gasteiger charge is 2.24. The van der Waals surface area contributed by atoms with Gasteiger partial charge < -0.3 is 29.5 Å². The van der Waals surface area contributed by atoms with Gasteiger partial charge in [0.15, 0.2) is 23.0 Å². The first-order valence-corrected chi connectivity index (χ1v) is 14.6. The second-order valence-electron chi connectivity index (χ2n) is 10.6. The van der Waals surface area contributed by atoms with E-state index in [-0.39, 0.29) is 46.3 Å². The number of aliphatic hydroxyl groups is 1. The normalized spacial score (nSPS) is 11.7. The molecule has 10 nitrogen and oxygen atoms in total. The number of anilines is 1. The van der Waals surface area contributed by atoms with Crippen LogP contribution in [0.3, 0.4) is 0 Å². The maximum Gasteiger partial charge on any atom is 0.262 e. The number of benzene rings is 3. The lowest BCUT2D eigenvalue weighted by Crippen LogP contribution is -2.31. The van der Waals surface area contributed by atoms with E-state index >= 15 is 0 Å². The van der Waals surface area contributed by atoms with E-state index in [1.54, 1.807) is 36.4 Å². The summed E-state index contributed by atoms with van der Waals surface area (Å²) in [5.41, 5.74) is 0.945. The average Bonchev–Trinajstić information content (AvgIpc) is 2.92. The highest BCUT2D eigenvalue weighted by molar-refractivity contribution is 7.92. The smallest absolute Gasteiger partial charge is 0.262 e. The van der Waals surface area contributed by atoms with Crippen molar-refractivity contribution in [2.45, 2.75) is 31.1 Å². The van der Waals surface area contributed by atoms with Gasteiger partial charge in [-0.25, -0.2) is 8.42 Å². The van der Waals surface area contributed by atoms with Crippen LogP contribution in [0.5, 0.6) is 23.0 Å². The first-order chi connectivity index (χ1) is 19.4. The van der Waals surface area contributed by atoms with Crippen molar-refractivity contribution in [3.63, 3.8) is 0 Å². The number of sulfonamides is 1. The van der Waals surface area contributed by atoms with Crippen LogP contribution >= 0.6 is 0 Å². The fourth-order valence-corrected chi connectivity index (χ4v) is 4.88. The Morgan fingerprint density at radius 1 is 0.976 bits per heavy atom. The monoisotopic (exact) mass is 585 g/mol. The number of para-hydroxylation sites is 2. The minimum atomic E-state index is -4.12. The van der Waals surface area contributed by atoms with E-state index in [0.29, 0.717) is 24.6 Å². The summed E-state index contributed by atoms with van der Waals surface area (Å²) in [4.78, 5) is 15.0. The molecule has 0 spiro atoms. The Morgan fingerprint density at radius 3 is 2.22 bits per heavy atom. The predicted octanol–water partition coefficient (Wildman–Crippen LogP) is 4.25. The average molecular weight is 586 g/mol. The maximum atomic E-state index is 13.6. The number of carbonyl (C=O) groups is 1. The van der Waals surface area contributed by atoms with E-state index in [4.69, 9.17) is 14.2 Å². The van der Waals surface area contributed by atoms with Crippen LogP contribution in [0.2, 0.25) is 0 Å². The van der Waals surface area contributed by atoms with Crippen LogP contribution in [-0.4, -0.2) is 71.8 Å². The van der Waals surface area contributed by atoms with Crippen molar-refractivity contribution < 1.29 is 32.5 Å². The minimum Gasteiger partial charge on any atom is -0.493 e. The number of methoxy groups -OCH3 is 1. The third-order valence-corrected chi connectivity index (χ3v) is 7.45. The molecule has 3 rings (SSSR count). The van der Waals surface area contributed by atoms with Gasteiger partial charge in [0.2, 0.25) is 0 Å². The van der Waals surface area contributed by atoms with Crippen LogP contribution in [0.1, 0.15) is 36.7 Å². The maximum absolute atomic E-state index is 13.6. The number of nitrogens with zero attached hydrogens (tertiary/aromatic N) is 1. The van der Waals surface area contributed by atoms with E-state index in [1.165, 1.54) is 31.4 Å². The summed E-state index contributed by atoms with van der Waals surface area (Å²) >= 11 is 0. The van der Waals surface area contributed by atoms with Gasteiger partial charge in [-0.1, -0.05) is 45.0 Å². The Bertz CT molecular complexity index is 1430. The molecule has 222 valence electrons. The second-order valence-corrected chi connectivity index (χ2v) is 12.3. The van der Waals surface area contributed by atoms with Crippen molar-refractivity contribution in [3.05, 3.63) is 71.8 Å². The van der Waals surface area contributed by atoms with Gasteiger partial charge in [-0.05, 0) is 61.5 Å². The van der Waals surface area contributed by atoms with Crippen molar-refractivity contribution in [3.8, 4) is 23.0 Å². The van der Waals surface area contributed by atoms with Gasteiger partial charge in [0.25, 0.3) is 15.9 Å². The number of amides is 1. The molecule has 11 heteroatoms. The number of likely N-dealkylation sites (N-methyl/N-ethyl adjacent to an activating group) is 1. The molecule has 3 N–H and O–H groups in total. The molecule has 3 aromatic rings. The zero-order valence-electron chi connectivity index (χ0n) is 24.4. The standard InChI is InChI=1S/C30H39N3O7S/c1-30(2,3)22-11-13-23(14-12-22)41(36,37)32-24-19-21(29(35)31-15-16-33(4)5)20-27(39-18-17-34)28(24)40-26-10-8-7-9-25(26)38-6/h7-14,19-20,32,34H,15-18H2,1-6H3,(H,31,35). The Kier molecular flexibility index (Phi) is 10.6. The number of nitrogens with one attached hydrogen (secondary N) is 2. The molecule has 0 aliphatic rings. The van der Waals surface area contributed by atoms with Gasteiger partial charge >= 0.3 is 0 Å². The van der Waals surface area contributed by atoms with Crippen molar-refractivity contribution in [1.29, 1.82) is 0 Å². The molecule has 0 saturated heterocycles. The fourth-order valence-electron chi connectivity index (χ4n) is 3.82. The molecule has 0 heterocycles. The lowest BCUT2D eigenvalue weighted by Gasteiger charge is -2.21. The molecular formula is C30H39N3O7S. The summed E-state index contributed by atoms with van der Waals surface area (Å²) in [6.07, 6.45) is 0. The zero-order chi connectivity index (χ0) is 30.2. The molecule has 0 unspecified atom stereocenters. The number of carbonyl (C=O) groups excluding carboxylic acids is 1. The van der Waals surface area contributed by atoms with Crippen molar-refractivity contribution in [1.82, 2.24) is 10.2 Å². The molecule has 3 aromatic carbocycles. The highest BCUT2D eigenvalue weighted by atomic mass is 32.2. The molecule has 0 aliphatic carbocycles.